The van der Waals surface area contributed by atoms with Gasteiger partial charge in [0.05, 0.1) is 0 Å². The molecule has 2 rings (SSSR count). The first-order valence-electron chi connectivity index (χ1n) is 7.48. The maximum Gasteiger partial charge on any atom is 0.282 e. The third-order valence-corrected chi connectivity index (χ3v) is 6.11. The van der Waals surface area contributed by atoms with Crippen LogP contribution in [0.1, 0.15) is 33.1 Å². The highest BCUT2D eigenvalue weighted by molar-refractivity contribution is 7.86. The molecule has 0 N–H and O–H groups in total. The van der Waals surface area contributed by atoms with Crippen molar-refractivity contribution in [3.05, 3.63) is 0 Å². The molecule has 0 unspecified atom stereocenters. The summed E-state index contributed by atoms with van der Waals surface area (Å²) in [5, 5.41) is 0. The number of rotatable bonds is 5. The van der Waals surface area contributed by atoms with Gasteiger partial charge in [0.2, 0.25) is 0 Å². The molecule has 0 bridgehead atoms. The van der Waals surface area contributed by atoms with Gasteiger partial charge in [-0.15, -0.1) is 0 Å². The standard InChI is InChI=1S/C13H27N3O2S/c1-13(2)5-8-14-9-11-16(12-10-14)19(17,18)15-6-3-4-7-15/h13H,3-12H2,1-2H3. The zero-order valence-corrected chi connectivity index (χ0v) is 13.0. The minimum absolute atomic E-state index is 0.650. The van der Waals surface area contributed by atoms with Crippen LogP contribution >= 0.6 is 0 Å². The van der Waals surface area contributed by atoms with Gasteiger partial charge in [0.25, 0.3) is 10.2 Å². The lowest BCUT2D eigenvalue weighted by atomic mass is 10.1. The summed E-state index contributed by atoms with van der Waals surface area (Å²) in [6, 6.07) is 0. The topological polar surface area (TPSA) is 43.9 Å². The second kappa shape index (κ2) is 6.52. The van der Waals surface area contributed by atoms with Gasteiger partial charge in [-0.05, 0) is 31.7 Å². The van der Waals surface area contributed by atoms with Crippen LogP contribution in [0.2, 0.25) is 0 Å². The lowest BCUT2D eigenvalue weighted by molar-refractivity contribution is 0.175. The maximum absolute atomic E-state index is 12.4. The predicted octanol–water partition coefficient (Wildman–Crippen LogP) is 0.991. The van der Waals surface area contributed by atoms with Gasteiger partial charge in [0, 0.05) is 39.3 Å². The van der Waals surface area contributed by atoms with Crippen molar-refractivity contribution in [2.45, 2.75) is 33.1 Å². The van der Waals surface area contributed by atoms with E-state index >= 15 is 0 Å². The van der Waals surface area contributed by atoms with E-state index in [2.05, 4.69) is 18.7 Å². The highest BCUT2D eigenvalue weighted by atomic mass is 32.2. The fourth-order valence-corrected chi connectivity index (χ4v) is 4.38. The SMILES string of the molecule is CC(C)CCN1CCN(S(=O)(=O)N2CCCC2)CC1. The van der Waals surface area contributed by atoms with Gasteiger partial charge >= 0.3 is 0 Å². The first-order chi connectivity index (χ1) is 9.00. The van der Waals surface area contributed by atoms with E-state index in [1.165, 1.54) is 6.42 Å². The van der Waals surface area contributed by atoms with Crippen LogP contribution in [0.3, 0.4) is 0 Å². The van der Waals surface area contributed by atoms with Crippen LogP contribution < -0.4 is 0 Å². The van der Waals surface area contributed by atoms with Gasteiger partial charge in [0.1, 0.15) is 0 Å². The van der Waals surface area contributed by atoms with E-state index in [1.807, 2.05) is 0 Å². The summed E-state index contributed by atoms with van der Waals surface area (Å²) in [4.78, 5) is 2.38. The van der Waals surface area contributed by atoms with E-state index in [0.717, 1.165) is 32.5 Å². The Bertz CT molecular complexity index is 369. The Morgan fingerprint density at radius 2 is 1.42 bits per heavy atom. The van der Waals surface area contributed by atoms with Crippen molar-refractivity contribution in [2.75, 3.05) is 45.8 Å². The number of piperazine rings is 1. The van der Waals surface area contributed by atoms with Gasteiger partial charge in [-0.25, -0.2) is 0 Å². The maximum atomic E-state index is 12.4. The number of hydrogen-bond acceptors (Lipinski definition) is 3. The van der Waals surface area contributed by atoms with Crippen molar-refractivity contribution in [1.82, 2.24) is 13.5 Å². The fourth-order valence-electron chi connectivity index (χ4n) is 2.71. The largest absolute Gasteiger partial charge is 0.301 e. The van der Waals surface area contributed by atoms with Crippen LogP contribution in [-0.4, -0.2) is 67.7 Å². The zero-order chi connectivity index (χ0) is 13.9. The van der Waals surface area contributed by atoms with Gasteiger partial charge in [-0.1, -0.05) is 13.8 Å². The highest BCUT2D eigenvalue weighted by Crippen LogP contribution is 2.18. The minimum Gasteiger partial charge on any atom is -0.301 e. The average Bonchev–Trinajstić information content (AvgIpc) is 2.91. The lowest BCUT2D eigenvalue weighted by Crippen LogP contribution is -2.52. The third kappa shape index (κ3) is 3.90. The van der Waals surface area contributed by atoms with Crippen molar-refractivity contribution in [3.8, 4) is 0 Å². The van der Waals surface area contributed by atoms with Gasteiger partial charge in [-0.2, -0.15) is 17.0 Å². The molecule has 0 amide bonds. The van der Waals surface area contributed by atoms with Crippen LogP contribution in [0.5, 0.6) is 0 Å². The molecule has 0 spiro atoms. The van der Waals surface area contributed by atoms with Crippen LogP contribution in [0.4, 0.5) is 0 Å². The van der Waals surface area contributed by atoms with Crippen molar-refractivity contribution >= 4 is 10.2 Å². The second-order valence-corrected chi connectivity index (χ2v) is 7.97. The molecular weight excluding hydrogens is 262 g/mol. The van der Waals surface area contributed by atoms with E-state index in [4.69, 9.17) is 0 Å². The van der Waals surface area contributed by atoms with Crippen molar-refractivity contribution < 1.29 is 8.42 Å². The van der Waals surface area contributed by atoms with E-state index in [1.54, 1.807) is 8.61 Å². The summed E-state index contributed by atoms with van der Waals surface area (Å²) in [6.07, 6.45) is 3.21. The van der Waals surface area contributed by atoms with Crippen LogP contribution in [0.15, 0.2) is 0 Å². The molecule has 0 aromatic carbocycles. The van der Waals surface area contributed by atoms with Gasteiger partial charge in [0.15, 0.2) is 0 Å². The smallest absolute Gasteiger partial charge is 0.282 e. The summed E-state index contributed by atoms with van der Waals surface area (Å²) < 4.78 is 28.1. The number of hydrogen-bond donors (Lipinski definition) is 0. The van der Waals surface area contributed by atoms with Crippen LogP contribution in [0.25, 0.3) is 0 Å². The lowest BCUT2D eigenvalue weighted by Gasteiger charge is -2.36. The minimum atomic E-state index is -3.18. The molecule has 19 heavy (non-hydrogen) atoms. The molecule has 2 aliphatic rings. The van der Waals surface area contributed by atoms with E-state index in [-0.39, 0.29) is 0 Å². The Hall–Kier alpha value is -0.170. The third-order valence-electron chi connectivity index (χ3n) is 4.07. The molecule has 2 saturated heterocycles. The molecule has 0 saturated carbocycles. The fraction of sp³-hybridized carbons (Fsp3) is 1.00. The summed E-state index contributed by atoms with van der Waals surface area (Å²) in [5.74, 6) is 0.714. The molecule has 5 nitrogen and oxygen atoms in total. The molecule has 2 aliphatic heterocycles. The molecule has 2 fully saturated rings. The van der Waals surface area contributed by atoms with E-state index in [9.17, 15) is 8.42 Å². The van der Waals surface area contributed by atoms with Crippen LogP contribution in [0, 0.1) is 5.92 Å². The summed E-state index contributed by atoms with van der Waals surface area (Å²) in [6.45, 7) is 10.0. The first kappa shape index (κ1) is 15.2. The van der Waals surface area contributed by atoms with Crippen LogP contribution in [-0.2, 0) is 10.2 Å². The number of nitrogens with zero attached hydrogens (tertiary/aromatic N) is 3. The van der Waals surface area contributed by atoms with Crippen molar-refractivity contribution in [1.29, 1.82) is 0 Å². The molecule has 0 aliphatic carbocycles. The Morgan fingerprint density at radius 3 is 1.95 bits per heavy atom. The monoisotopic (exact) mass is 289 g/mol. The molecule has 112 valence electrons. The van der Waals surface area contributed by atoms with Crippen molar-refractivity contribution in [3.63, 3.8) is 0 Å². The molecule has 0 aromatic heterocycles. The van der Waals surface area contributed by atoms with E-state index in [0.29, 0.717) is 32.1 Å². The first-order valence-corrected chi connectivity index (χ1v) is 8.87. The molecule has 2 heterocycles. The Morgan fingerprint density at radius 1 is 0.895 bits per heavy atom. The van der Waals surface area contributed by atoms with Crippen molar-refractivity contribution in [2.24, 2.45) is 5.92 Å². The molecule has 0 radical (unpaired) electrons. The second-order valence-electron chi connectivity index (χ2n) is 6.04. The highest BCUT2D eigenvalue weighted by Gasteiger charge is 2.33. The molecule has 0 atom stereocenters. The molecule has 0 aromatic rings. The summed E-state index contributed by atoms with van der Waals surface area (Å²) >= 11 is 0. The Balaban J connectivity index is 1.82. The van der Waals surface area contributed by atoms with E-state index < -0.39 is 10.2 Å². The summed E-state index contributed by atoms with van der Waals surface area (Å²) in [5.41, 5.74) is 0. The normalized spacial score (nSPS) is 24.4. The summed E-state index contributed by atoms with van der Waals surface area (Å²) in [7, 11) is -3.18. The Kier molecular flexibility index (Phi) is 5.22. The quantitative estimate of drug-likeness (QED) is 0.758. The average molecular weight is 289 g/mol. The predicted molar refractivity (Wildman–Crippen MR) is 77.2 cm³/mol. The Labute approximate surface area is 117 Å². The zero-order valence-electron chi connectivity index (χ0n) is 12.2. The van der Waals surface area contributed by atoms with Gasteiger partial charge in [-0.3, -0.25) is 0 Å². The van der Waals surface area contributed by atoms with Gasteiger partial charge < -0.3 is 4.90 Å². The molecular formula is C13H27N3O2S. The molecule has 6 heteroatoms.